The van der Waals surface area contributed by atoms with Gasteiger partial charge in [0, 0.05) is 16.5 Å². The molecule has 6 aromatic rings. The molecular weight excluding hydrogens is 401 g/mol. The third-order valence-corrected chi connectivity index (χ3v) is 6.74. The molecule has 3 heteroatoms. The zero-order chi connectivity index (χ0) is 21.8. The minimum absolute atomic E-state index is 0.151. The Kier molecular flexibility index (Phi) is 3.97. The van der Waals surface area contributed by atoms with E-state index in [1.165, 1.54) is 43.9 Å². The lowest BCUT2D eigenvalue weighted by Gasteiger charge is -2.26. The van der Waals surface area contributed by atoms with Gasteiger partial charge in [0.15, 0.2) is 0 Å². The molecule has 5 aromatic carbocycles. The van der Waals surface area contributed by atoms with Crippen molar-refractivity contribution < 1.29 is 4.74 Å². The lowest BCUT2D eigenvalue weighted by atomic mass is 9.36. The lowest BCUT2D eigenvalue weighted by molar-refractivity contribution is 0.487. The molecule has 0 saturated carbocycles. The summed E-state index contributed by atoms with van der Waals surface area (Å²) < 4.78 is 8.57. The summed E-state index contributed by atoms with van der Waals surface area (Å²) in [7, 11) is 0. The normalized spacial score (nSPS) is 12.4. The number of fused-ring (bicyclic) bond motifs is 5. The van der Waals surface area contributed by atoms with Crippen molar-refractivity contribution in [3.63, 3.8) is 0 Å². The maximum atomic E-state index is 6.20. The quantitative estimate of drug-likeness (QED) is 0.341. The Bertz CT molecular complexity index is 1550. The fourth-order valence-electron chi connectivity index (χ4n) is 5.29. The SMILES string of the molecule is c1ccc2c(c1)Oc1ccccc1B2c1ccc(-n2c3ccccc3c3ccccc32)cc1. The van der Waals surface area contributed by atoms with E-state index in [0.29, 0.717) is 0 Å². The first-order valence-electron chi connectivity index (χ1n) is 11.3. The number of hydrogen-bond donors (Lipinski definition) is 0. The van der Waals surface area contributed by atoms with Crippen LogP contribution < -0.4 is 21.1 Å². The third-order valence-electron chi connectivity index (χ3n) is 6.74. The van der Waals surface area contributed by atoms with Gasteiger partial charge in [0.2, 0.25) is 0 Å². The van der Waals surface area contributed by atoms with Crippen molar-refractivity contribution in [3.8, 4) is 17.2 Å². The molecule has 2 heterocycles. The first kappa shape index (κ1) is 18.3. The van der Waals surface area contributed by atoms with E-state index in [1.807, 2.05) is 12.1 Å². The van der Waals surface area contributed by atoms with Gasteiger partial charge in [-0.3, -0.25) is 0 Å². The molecular formula is C30H20BNO. The average Bonchev–Trinajstić information content (AvgIpc) is 3.22. The standard InChI is InChI=1S/C30H20BNO/c1-5-13-27-23(9-1)24-10-2-6-14-28(24)32(27)22-19-17-21(18-20-22)31-25-11-3-7-15-29(25)33-30-16-8-4-12-26(30)31/h1-20H. The highest BCUT2D eigenvalue weighted by Gasteiger charge is 2.31. The number of hydrogen-bond acceptors (Lipinski definition) is 1. The Morgan fingerprint density at radius 3 is 1.55 bits per heavy atom. The van der Waals surface area contributed by atoms with Crippen molar-refractivity contribution >= 4 is 44.9 Å². The van der Waals surface area contributed by atoms with Crippen molar-refractivity contribution in [2.45, 2.75) is 0 Å². The molecule has 0 bridgehead atoms. The predicted molar refractivity (Wildman–Crippen MR) is 138 cm³/mol. The van der Waals surface area contributed by atoms with Crippen LogP contribution in [0.1, 0.15) is 0 Å². The van der Waals surface area contributed by atoms with Crippen molar-refractivity contribution in [3.05, 3.63) is 121 Å². The van der Waals surface area contributed by atoms with Crippen LogP contribution >= 0.6 is 0 Å². The van der Waals surface area contributed by atoms with Crippen LogP contribution in [0.3, 0.4) is 0 Å². The second-order valence-corrected chi connectivity index (χ2v) is 8.57. The summed E-state index contributed by atoms with van der Waals surface area (Å²) in [6.45, 7) is 0.151. The van der Waals surface area contributed by atoms with Gasteiger partial charge in [-0.25, -0.2) is 0 Å². The number of para-hydroxylation sites is 4. The van der Waals surface area contributed by atoms with E-state index in [-0.39, 0.29) is 6.71 Å². The Balaban J connectivity index is 1.40. The summed E-state index contributed by atoms with van der Waals surface area (Å²) in [5, 5.41) is 2.56. The first-order chi connectivity index (χ1) is 16.4. The van der Waals surface area contributed by atoms with Gasteiger partial charge in [0.25, 0.3) is 6.71 Å². The Morgan fingerprint density at radius 2 is 0.970 bits per heavy atom. The largest absolute Gasteiger partial charge is 0.458 e. The molecule has 0 spiro atoms. The molecule has 0 aliphatic carbocycles. The highest BCUT2D eigenvalue weighted by Crippen LogP contribution is 2.31. The summed E-state index contributed by atoms with van der Waals surface area (Å²) in [6, 6.07) is 43.0. The second kappa shape index (κ2) is 7.14. The molecule has 0 fully saturated rings. The molecule has 0 unspecified atom stereocenters. The minimum Gasteiger partial charge on any atom is -0.458 e. The van der Waals surface area contributed by atoms with E-state index in [1.54, 1.807) is 0 Å². The van der Waals surface area contributed by atoms with Crippen LogP contribution in [0.25, 0.3) is 27.5 Å². The van der Waals surface area contributed by atoms with Crippen LogP contribution in [0.5, 0.6) is 11.5 Å². The van der Waals surface area contributed by atoms with E-state index in [9.17, 15) is 0 Å². The molecule has 0 radical (unpaired) electrons. The summed E-state index contributed by atoms with van der Waals surface area (Å²) in [5.41, 5.74) is 7.32. The van der Waals surface area contributed by atoms with E-state index in [4.69, 9.17) is 4.74 Å². The number of ether oxygens (including phenoxy) is 1. The molecule has 2 nitrogen and oxygen atoms in total. The predicted octanol–water partition coefficient (Wildman–Crippen LogP) is 5.41. The lowest BCUT2D eigenvalue weighted by Crippen LogP contribution is -2.54. The van der Waals surface area contributed by atoms with Crippen molar-refractivity contribution in [1.29, 1.82) is 0 Å². The maximum absolute atomic E-state index is 6.20. The Morgan fingerprint density at radius 1 is 0.485 bits per heavy atom. The van der Waals surface area contributed by atoms with Gasteiger partial charge in [-0.1, -0.05) is 90.4 Å². The molecule has 1 aliphatic rings. The fourth-order valence-corrected chi connectivity index (χ4v) is 5.29. The molecule has 0 atom stereocenters. The number of aromatic nitrogens is 1. The monoisotopic (exact) mass is 421 g/mol. The number of nitrogens with zero attached hydrogens (tertiary/aromatic N) is 1. The van der Waals surface area contributed by atoms with E-state index >= 15 is 0 Å². The van der Waals surface area contributed by atoms with Crippen molar-refractivity contribution in [2.24, 2.45) is 0 Å². The second-order valence-electron chi connectivity index (χ2n) is 8.57. The number of benzene rings is 5. The van der Waals surface area contributed by atoms with Crippen LogP contribution in [-0.4, -0.2) is 11.3 Å². The zero-order valence-corrected chi connectivity index (χ0v) is 18.0. The minimum atomic E-state index is 0.151. The van der Waals surface area contributed by atoms with E-state index in [0.717, 1.165) is 11.5 Å². The van der Waals surface area contributed by atoms with Crippen LogP contribution in [0.4, 0.5) is 0 Å². The maximum Gasteiger partial charge on any atom is 0.250 e. The Hall–Kier alpha value is -4.24. The van der Waals surface area contributed by atoms with Gasteiger partial charge in [0.1, 0.15) is 11.5 Å². The molecule has 1 aromatic heterocycles. The van der Waals surface area contributed by atoms with Gasteiger partial charge in [0.05, 0.1) is 11.0 Å². The van der Waals surface area contributed by atoms with Crippen LogP contribution in [0.2, 0.25) is 0 Å². The van der Waals surface area contributed by atoms with Gasteiger partial charge >= 0.3 is 0 Å². The van der Waals surface area contributed by atoms with Crippen LogP contribution in [-0.2, 0) is 0 Å². The average molecular weight is 421 g/mol. The van der Waals surface area contributed by atoms with Crippen molar-refractivity contribution in [2.75, 3.05) is 0 Å². The summed E-state index contributed by atoms with van der Waals surface area (Å²) in [6.07, 6.45) is 0. The van der Waals surface area contributed by atoms with Gasteiger partial charge < -0.3 is 9.30 Å². The van der Waals surface area contributed by atoms with Gasteiger partial charge in [-0.2, -0.15) is 0 Å². The first-order valence-corrected chi connectivity index (χ1v) is 11.3. The molecule has 7 rings (SSSR count). The van der Waals surface area contributed by atoms with E-state index < -0.39 is 0 Å². The smallest absolute Gasteiger partial charge is 0.250 e. The molecule has 0 N–H and O–H groups in total. The highest BCUT2D eigenvalue weighted by molar-refractivity contribution is 6.96. The number of rotatable bonds is 2. The molecule has 0 saturated heterocycles. The zero-order valence-electron chi connectivity index (χ0n) is 18.0. The topological polar surface area (TPSA) is 14.2 Å². The molecule has 154 valence electrons. The van der Waals surface area contributed by atoms with Crippen LogP contribution in [0, 0.1) is 0 Å². The molecule has 0 amide bonds. The van der Waals surface area contributed by atoms with Crippen molar-refractivity contribution in [1.82, 2.24) is 4.57 Å². The summed E-state index contributed by atoms with van der Waals surface area (Å²) in [5.74, 6) is 1.88. The molecule has 33 heavy (non-hydrogen) atoms. The summed E-state index contributed by atoms with van der Waals surface area (Å²) >= 11 is 0. The Labute approximate surface area is 192 Å². The van der Waals surface area contributed by atoms with Crippen LogP contribution in [0.15, 0.2) is 121 Å². The fraction of sp³-hybridized carbons (Fsp3) is 0. The van der Waals surface area contributed by atoms with Gasteiger partial charge in [-0.05, 0) is 47.3 Å². The van der Waals surface area contributed by atoms with Gasteiger partial charge in [-0.15, -0.1) is 0 Å². The van der Waals surface area contributed by atoms with E-state index in [2.05, 4.69) is 114 Å². The summed E-state index contributed by atoms with van der Waals surface area (Å²) in [4.78, 5) is 0. The molecule has 1 aliphatic heterocycles. The highest BCUT2D eigenvalue weighted by atomic mass is 16.5. The third kappa shape index (κ3) is 2.76.